The second-order valence-corrected chi connectivity index (χ2v) is 5.20. The highest BCUT2D eigenvalue weighted by molar-refractivity contribution is 5.99. The molecule has 3 heteroatoms. The summed E-state index contributed by atoms with van der Waals surface area (Å²) in [4.78, 5) is 14.3. The van der Waals surface area contributed by atoms with E-state index < -0.39 is 0 Å². The fourth-order valence-electron chi connectivity index (χ4n) is 1.87. The molecule has 0 aliphatic rings. The molecule has 0 aromatic heterocycles. The van der Waals surface area contributed by atoms with Gasteiger partial charge in [-0.05, 0) is 37.5 Å². The summed E-state index contributed by atoms with van der Waals surface area (Å²) in [5.74, 6) is 0.517. The lowest BCUT2D eigenvalue weighted by molar-refractivity contribution is 0.0708. The van der Waals surface area contributed by atoms with Crippen molar-refractivity contribution in [1.29, 1.82) is 0 Å². The maximum atomic E-state index is 12.5. The van der Waals surface area contributed by atoms with E-state index in [4.69, 9.17) is 0 Å². The van der Waals surface area contributed by atoms with Gasteiger partial charge in [0.15, 0.2) is 0 Å². The molecular formula is C15H24N2O. The molecule has 1 aromatic carbocycles. The van der Waals surface area contributed by atoms with Gasteiger partial charge in [-0.2, -0.15) is 0 Å². The van der Waals surface area contributed by atoms with Crippen LogP contribution in [0.2, 0.25) is 0 Å². The SMILES string of the molecule is CNc1cc(C)ccc1C(=O)N(C)C(C)C(C)C. The molecule has 0 aliphatic carbocycles. The van der Waals surface area contributed by atoms with Crippen LogP contribution < -0.4 is 5.32 Å². The summed E-state index contributed by atoms with van der Waals surface area (Å²) < 4.78 is 0. The van der Waals surface area contributed by atoms with Crippen LogP contribution in [0.15, 0.2) is 18.2 Å². The van der Waals surface area contributed by atoms with E-state index in [1.54, 1.807) is 0 Å². The van der Waals surface area contributed by atoms with Crippen LogP contribution in [-0.2, 0) is 0 Å². The predicted octanol–water partition coefficient (Wildman–Crippen LogP) is 3.15. The summed E-state index contributed by atoms with van der Waals surface area (Å²) in [5, 5.41) is 3.09. The minimum atomic E-state index is 0.0700. The van der Waals surface area contributed by atoms with Crippen molar-refractivity contribution in [3.8, 4) is 0 Å². The van der Waals surface area contributed by atoms with E-state index in [1.807, 2.05) is 44.1 Å². The van der Waals surface area contributed by atoms with Crippen LogP contribution >= 0.6 is 0 Å². The number of anilines is 1. The fourth-order valence-corrected chi connectivity index (χ4v) is 1.87. The van der Waals surface area contributed by atoms with Crippen molar-refractivity contribution in [1.82, 2.24) is 4.90 Å². The second-order valence-electron chi connectivity index (χ2n) is 5.20. The first-order chi connectivity index (χ1) is 8.38. The Morgan fingerprint density at radius 3 is 2.39 bits per heavy atom. The third-order valence-electron chi connectivity index (χ3n) is 3.57. The molecule has 0 radical (unpaired) electrons. The van der Waals surface area contributed by atoms with Gasteiger partial charge in [0, 0.05) is 25.8 Å². The van der Waals surface area contributed by atoms with Gasteiger partial charge in [0.2, 0.25) is 0 Å². The third kappa shape index (κ3) is 3.03. The molecule has 0 spiro atoms. The number of carbonyl (C=O) groups is 1. The Kier molecular flexibility index (Phi) is 4.76. The molecule has 1 N–H and O–H groups in total. The Bertz CT molecular complexity index is 427. The minimum Gasteiger partial charge on any atom is -0.387 e. The van der Waals surface area contributed by atoms with Gasteiger partial charge in [-0.1, -0.05) is 19.9 Å². The quantitative estimate of drug-likeness (QED) is 0.887. The molecule has 18 heavy (non-hydrogen) atoms. The Balaban J connectivity index is 3.03. The van der Waals surface area contributed by atoms with Crippen molar-refractivity contribution in [3.05, 3.63) is 29.3 Å². The number of amides is 1. The molecule has 1 aromatic rings. The van der Waals surface area contributed by atoms with Gasteiger partial charge in [-0.25, -0.2) is 0 Å². The fraction of sp³-hybridized carbons (Fsp3) is 0.533. The van der Waals surface area contributed by atoms with E-state index in [2.05, 4.69) is 26.1 Å². The Hall–Kier alpha value is -1.51. The zero-order chi connectivity index (χ0) is 13.9. The summed E-state index contributed by atoms with van der Waals surface area (Å²) >= 11 is 0. The van der Waals surface area contributed by atoms with Gasteiger partial charge < -0.3 is 10.2 Å². The molecule has 0 saturated carbocycles. The standard InChI is InChI=1S/C15H24N2O/c1-10(2)12(4)17(6)15(18)13-8-7-11(3)9-14(13)16-5/h7-10,12,16H,1-6H3. The van der Waals surface area contributed by atoms with Gasteiger partial charge in [-0.3, -0.25) is 4.79 Å². The average Bonchev–Trinajstić information content (AvgIpc) is 2.35. The maximum Gasteiger partial charge on any atom is 0.255 e. The number of aryl methyl sites for hydroxylation is 1. The van der Waals surface area contributed by atoms with Crippen molar-refractivity contribution in [2.75, 3.05) is 19.4 Å². The van der Waals surface area contributed by atoms with E-state index in [0.717, 1.165) is 16.8 Å². The van der Waals surface area contributed by atoms with Gasteiger partial charge in [0.25, 0.3) is 5.91 Å². The number of nitrogens with zero attached hydrogens (tertiary/aromatic N) is 1. The summed E-state index contributed by atoms with van der Waals surface area (Å²) in [6.07, 6.45) is 0. The largest absolute Gasteiger partial charge is 0.387 e. The predicted molar refractivity (Wildman–Crippen MR) is 77.1 cm³/mol. The molecule has 0 aliphatic heterocycles. The molecule has 1 amide bonds. The molecular weight excluding hydrogens is 224 g/mol. The number of nitrogens with one attached hydrogen (secondary N) is 1. The van der Waals surface area contributed by atoms with Crippen LogP contribution in [-0.4, -0.2) is 30.9 Å². The van der Waals surface area contributed by atoms with Gasteiger partial charge in [-0.15, -0.1) is 0 Å². The average molecular weight is 248 g/mol. The molecule has 0 saturated heterocycles. The summed E-state index contributed by atoms with van der Waals surface area (Å²) in [7, 11) is 3.71. The van der Waals surface area contributed by atoms with E-state index in [0.29, 0.717) is 5.92 Å². The topological polar surface area (TPSA) is 32.3 Å². The molecule has 0 bridgehead atoms. The van der Waals surface area contributed by atoms with E-state index in [9.17, 15) is 4.79 Å². The first-order valence-corrected chi connectivity index (χ1v) is 6.44. The lowest BCUT2D eigenvalue weighted by atomic mass is 10.0. The Morgan fingerprint density at radius 1 is 1.28 bits per heavy atom. The second kappa shape index (κ2) is 5.89. The van der Waals surface area contributed by atoms with Crippen molar-refractivity contribution in [2.45, 2.75) is 33.7 Å². The zero-order valence-corrected chi connectivity index (χ0v) is 12.2. The van der Waals surface area contributed by atoms with E-state index in [-0.39, 0.29) is 11.9 Å². The van der Waals surface area contributed by atoms with E-state index in [1.165, 1.54) is 0 Å². The number of hydrogen-bond donors (Lipinski definition) is 1. The van der Waals surface area contributed by atoms with Crippen LogP contribution in [0, 0.1) is 12.8 Å². The number of carbonyl (C=O) groups excluding carboxylic acids is 1. The smallest absolute Gasteiger partial charge is 0.255 e. The third-order valence-corrected chi connectivity index (χ3v) is 3.57. The highest BCUT2D eigenvalue weighted by Gasteiger charge is 2.21. The lowest BCUT2D eigenvalue weighted by Crippen LogP contribution is -2.38. The molecule has 1 unspecified atom stereocenters. The first-order valence-electron chi connectivity index (χ1n) is 6.44. The van der Waals surface area contributed by atoms with Crippen LogP contribution in [0.5, 0.6) is 0 Å². The normalized spacial score (nSPS) is 12.4. The molecule has 0 fully saturated rings. The lowest BCUT2D eigenvalue weighted by Gasteiger charge is -2.28. The van der Waals surface area contributed by atoms with Crippen LogP contribution in [0.4, 0.5) is 5.69 Å². The Morgan fingerprint density at radius 2 is 1.89 bits per heavy atom. The Labute approximate surface area is 110 Å². The van der Waals surface area contributed by atoms with Gasteiger partial charge in [0.05, 0.1) is 5.56 Å². The van der Waals surface area contributed by atoms with Crippen molar-refractivity contribution in [3.63, 3.8) is 0 Å². The summed E-state index contributed by atoms with van der Waals surface area (Å²) in [6.45, 7) is 8.36. The zero-order valence-electron chi connectivity index (χ0n) is 12.2. The first kappa shape index (κ1) is 14.6. The van der Waals surface area contributed by atoms with Crippen molar-refractivity contribution < 1.29 is 4.79 Å². The highest BCUT2D eigenvalue weighted by atomic mass is 16.2. The van der Waals surface area contributed by atoms with Crippen molar-refractivity contribution >= 4 is 11.6 Å². The van der Waals surface area contributed by atoms with Crippen LogP contribution in [0.25, 0.3) is 0 Å². The van der Waals surface area contributed by atoms with Crippen LogP contribution in [0.1, 0.15) is 36.7 Å². The van der Waals surface area contributed by atoms with Gasteiger partial charge in [0.1, 0.15) is 0 Å². The summed E-state index contributed by atoms with van der Waals surface area (Å²) in [5.41, 5.74) is 2.77. The number of rotatable bonds is 4. The van der Waals surface area contributed by atoms with E-state index >= 15 is 0 Å². The van der Waals surface area contributed by atoms with Gasteiger partial charge >= 0.3 is 0 Å². The van der Waals surface area contributed by atoms with Crippen molar-refractivity contribution in [2.24, 2.45) is 5.92 Å². The van der Waals surface area contributed by atoms with Crippen LogP contribution in [0.3, 0.4) is 0 Å². The highest BCUT2D eigenvalue weighted by Crippen LogP contribution is 2.20. The molecule has 1 atom stereocenters. The molecule has 0 heterocycles. The molecule has 100 valence electrons. The monoisotopic (exact) mass is 248 g/mol. The minimum absolute atomic E-state index is 0.0700. The maximum absolute atomic E-state index is 12.5. The number of benzene rings is 1. The number of hydrogen-bond acceptors (Lipinski definition) is 2. The summed E-state index contributed by atoms with van der Waals surface area (Å²) in [6, 6.07) is 6.10. The molecule has 3 nitrogen and oxygen atoms in total. The molecule has 1 rings (SSSR count).